The van der Waals surface area contributed by atoms with Crippen LogP contribution in [-0.4, -0.2) is 0 Å². The number of rotatable bonds is 0. The summed E-state index contributed by atoms with van der Waals surface area (Å²) in [6.45, 7) is 9.50. The van der Waals surface area contributed by atoms with E-state index < -0.39 is 0 Å². The van der Waals surface area contributed by atoms with E-state index in [2.05, 4.69) is 12.6 Å². The van der Waals surface area contributed by atoms with Gasteiger partial charge >= 0.3 is 132 Å². The molecule has 0 N–H and O–H groups in total. The van der Waals surface area contributed by atoms with Gasteiger partial charge in [-0.15, -0.1) is 0 Å². The summed E-state index contributed by atoms with van der Waals surface area (Å²) < 4.78 is 0. The SMILES string of the molecule is N#C[S-].[C-]#N.[C-]#N.[K+].[K+].[Na+]. The Morgan fingerprint density at radius 2 is 1.00 bits per heavy atom. The molecule has 0 aromatic rings. The van der Waals surface area contributed by atoms with Crippen LogP contribution in [-0.2, 0) is 12.6 Å². The molecular weight excluding hydrogens is 211 g/mol. The Balaban J connectivity index is -0.00000000536. The van der Waals surface area contributed by atoms with Crippen LogP contribution in [0, 0.1) is 34.3 Å². The maximum absolute atomic E-state index is 7.13. The first-order valence-corrected chi connectivity index (χ1v) is 1.28. The number of nitrogens with zero attached hydrogens (tertiary/aromatic N) is 3. The molecule has 0 heterocycles. The zero-order valence-electron chi connectivity index (χ0n) is 6.25. The smallest absolute Gasteiger partial charge is 0.696 e. The number of nitriles is 1. The summed E-state index contributed by atoms with van der Waals surface area (Å²) in [6.07, 6.45) is 0. The Kier molecular flexibility index (Phi) is 350. The quantitative estimate of drug-likeness (QED) is 0.173. The molecule has 0 rings (SSSR count). The van der Waals surface area contributed by atoms with Crippen LogP contribution >= 0.6 is 0 Å². The standard InChI is InChI=1S/CHNS.2CN.2K.Na/c2-1-3;2*1-2;;;/h3H;;;;;/q;2*-1;3*+1/p-1. The molecule has 0 saturated carbocycles. The van der Waals surface area contributed by atoms with Crippen molar-refractivity contribution in [3.05, 3.63) is 13.1 Å². The topological polar surface area (TPSA) is 71.4 Å². The Hall–Kier alpha value is 2.96. The summed E-state index contributed by atoms with van der Waals surface area (Å²) in [5, 5.41) is 21.0. The van der Waals surface area contributed by atoms with E-state index >= 15 is 0 Å². The fourth-order valence-electron chi connectivity index (χ4n) is 0. The van der Waals surface area contributed by atoms with Crippen LogP contribution in [0.25, 0.3) is 0 Å². The monoisotopic (exact) mass is 211 g/mol. The molecule has 0 amide bonds. The van der Waals surface area contributed by atoms with E-state index in [0.717, 1.165) is 0 Å². The molecule has 0 aliphatic heterocycles. The van der Waals surface area contributed by atoms with E-state index in [1.807, 2.05) is 0 Å². The maximum Gasteiger partial charge on any atom is 1.00 e. The van der Waals surface area contributed by atoms with Crippen LogP contribution in [0.2, 0.25) is 0 Å². The normalized spacial score (nSPS) is 1.10. The third-order valence-corrected chi connectivity index (χ3v) is 0. The van der Waals surface area contributed by atoms with Gasteiger partial charge in [0.1, 0.15) is 0 Å². The Labute approximate surface area is 174 Å². The summed E-state index contributed by atoms with van der Waals surface area (Å²) in [5.41, 5.74) is 0. The van der Waals surface area contributed by atoms with Gasteiger partial charge in [0.15, 0.2) is 0 Å². The molecule has 0 fully saturated rings. The van der Waals surface area contributed by atoms with Crippen molar-refractivity contribution in [1.29, 1.82) is 15.8 Å². The molecular formula is C3K2N3NaS. The molecule has 7 heteroatoms. The minimum Gasteiger partial charge on any atom is -0.696 e. The van der Waals surface area contributed by atoms with Crippen LogP contribution < -0.4 is 132 Å². The second-order valence-corrected chi connectivity index (χ2v) is 0.274. The van der Waals surface area contributed by atoms with Gasteiger partial charge in [-0.3, -0.25) is 0 Å². The molecule has 36 valence electrons. The molecule has 0 aromatic heterocycles. The van der Waals surface area contributed by atoms with E-state index in [9.17, 15) is 0 Å². The van der Waals surface area contributed by atoms with Crippen molar-refractivity contribution in [3.8, 4) is 5.40 Å². The van der Waals surface area contributed by atoms with Crippen molar-refractivity contribution in [1.82, 2.24) is 0 Å². The van der Waals surface area contributed by atoms with Crippen molar-refractivity contribution in [2.75, 3.05) is 0 Å². The Morgan fingerprint density at radius 3 is 1.00 bits per heavy atom. The largest absolute Gasteiger partial charge is 1.00 e. The van der Waals surface area contributed by atoms with Crippen LogP contribution in [0.5, 0.6) is 0 Å². The van der Waals surface area contributed by atoms with Gasteiger partial charge in [-0.25, -0.2) is 5.26 Å². The molecule has 0 aliphatic carbocycles. The molecule has 0 unspecified atom stereocenters. The molecule has 0 spiro atoms. The third-order valence-electron chi connectivity index (χ3n) is 0. The van der Waals surface area contributed by atoms with Crippen LogP contribution in [0.15, 0.2) is 0 Å². The summed E-state index contributed by atoms with van der Waals surface area (Å²) in [4.78, 5) is 0. The molecule has 0 aromatic carbocycles. The predicted molar refractivity (Wildman–Crippen MR) is 22.9 cm³/mol. The maximum atomic E-state index is 7.13. The van der Waals surface area contributed by atoms with Crippen molar-refractivity contribution in [2.24, 2.45) is 0 Å². The third kappa shape index (κ3) is 124. The minimum absolute atomic E-state index is 0. The average molecular weight is 211 g/mol. The fraction of sp³-hybridized carbons (Fsp3) is 0. The molecule has 0 aliphatic rings. The molecule has 0 radical (unpaired) electrons. The van der Waals surface area contributed by atoms with Gasteiger partial charge in [0.05, 0.1) is 0 Å². The van der Waals surface area contributed by atoms with Crippen molar-refractivity contribution >= 4 is 12.6 Å². The fourth-order valence-corrected chi connectivity index (χ4v) is 0. The Morgan fingerprint density at radius 1 is 1.00 bits per heavy atom. The second kappa shape index (κ2) is 91.6. The van der Waals surface area contributed by atoms with Gasteiger partial charge in [-0.05, 0) is 0 Å². The van der Waals surface area contributed by atoms with Gasteiger partial charge in [-0.1, -0.05) is 5.40 Å². The molecule has 3 nitrogen and oxygen atoms in total. The number of hydrogen-bond donors (Lipinski definition) is 0. The summed E-state index contributed by atoms with van der Waals surface area (Å²) in [7, 11) is 0. The number of hydrogen-bond acceptors (Lipinski definition) is 4. The van der Waals surface area contributed by atoms with Gasteiger partial charge in [0.25, 0.3) is 0 Å². The summed E-state index contributed by atoms with van der Waals surface area (Å²) in [5.74, 6) is 0. The molecule has 10 heavy (non-hydrogen) atoms. The first-order valence-electron chi connectivity index (χ1n) is 0.875. The van der Waals surface area contributed by atoms with Crippen molar-refractivity contribution in [3.63, 3.8) is 0 Å². The van der Waals surface area contributed by atoms with E-state index in [4.69, 9.17) is 28.9 Å². The average Bonchev–Trinajstić information content (AvgIpc) is 1.78. The zero-order chi connectivity index (χ0) is 6.71. The first-order chi connectivity index (χ1) is 3.41. The van der Waals surface area contributed by atoms with Crippen LogP contribution in [0.3, 0.4) is 0 Å². The van der Waals surface area contributed by atoms with E-state index in [-0.39, 0.29) is 132 Å². The van der Waals surface area contributed by atoms with Crippen molar-refractivity contribution in [2.45, 2.75) is 0 Å². The van der Waals surface area contributed by atoms with Crippen LogP contribution in [0.4, 0.5) is 0 Å². The second-order valence-electron chi connectivity index (χ2n) is 0.0913. The minimum atomic E-state index is 0. The van der Waals surface area contributed by atoms with Gasteiger partial charge < -0.3 is 36.3 Å². The van der Waals surface area contributed by atoms with Gasteiger partial charge in [-0.2, -0.15) is 0 Å². The van der Waals surface area contributed by atoms with Gasteiger partial charge in [0, 0.05) is 0 Å². The van der Waals surface area contributed by atoms with E-state index in [1.165, 1.54) is 5.40 Å². The number of thiocyanates is 1. The Bertz CT molecular complexity index is 82.7. The van der Waals surface area contributed by atoms with E-state index in [0.29, 0.717) is 0 Å². The molecule has 0 bridgehead atoms. The van der Waals surface area contributed by atoms with Crippen molar-refractivity contribution < 1.29 is 132 Å². The first kappa shape index (κ1) is 38.3. The summed E-state index contributed by atoms with van der Waals surface area (Å²) >= 11 is 3.70. The molecule has 0 saturated heterocycles. The summed E-state index contributed by atoms with van der Waals surface area (Å²) in [6, 6.07) is 0. The van der Waals surface area contributed by atoms with Gasteiger partial charge in [0.2, 0.25) is 0 Å². The van der Waals surface area contributed by atoms with Crippen LogP contribution in [0.1, 0.15) is 0 Å². The predicted octanol–water partition coefficient (Wildman–Crippen LogP) is -8.78. The molecule has 0 atom stereocenters. The zero-order valence-corrected chi connectivity index (χ0v) is 15.3. The van der Waals surface area contributed by atoms with E-state index in [1.54, 1.807) is 0 Å².